The van der Waals surface area contributed by atoms with Crippen LogP contribution in [0.5, 0.6) is 0 Å². The molecule has 5 heteroatoms. The van der Waals surface area contributed by atoms with E-state index in [0.29, 0.717) is 0 Å². The van der Waals surface area contributed by atoms with Crippen LogP contribution in [0.4, 0.5) is 0 Å². The molecule has 0 aromatic heterocycles. The van der Waals surface area contributed by atoms with Crippen molar-refractivity contribution in [1.29, 1.82) is 0 Å². The van der Waals surface area contributed by atoms with E-state index in [1.165, 1.54) is 36.7 Å². The number of allylic oxidation sites excluding steroid dienone is 1. The molecule has 0 fully saturated rings. The number of benzene rings is 3. The summed E-state index contributed by atoms with van der Waals surface area (Å²) in [6.07, 6.45) is 4.79. The van der Waals surface area contributed by atoms with Crippen LogP contribution in [0.25, 0.3) is 17.2 Å². The normalized spacial score (nSPS) is 19.7. The molecule has 0 spiro atoms. The van der Waals surface area contributed by atoms with Crippen LogP contribution in [-0.4, -0.2) is 13.8 Å². The molecule has 2 aliphatic carbocycles. The first-order chi connectivity index (χ1) is 14.4. The molecule has 1 unspecified atom stereocenters. The quantitative estimate of drug-likeness (QED) is 0.233. The third-order valence-corrected chi connectivity index (χ3v) is 96.5. The van der Waals surface area contributed by atoms with Crippen molar-refractivity contribution in [1.82, 2.24) is 0 Å². The Morgan fingerprint density at radius 1 is 0.871 bits per heavy atom. The molecule has 3 aromatic carbocycles. The number of fused-ring (bicyclic) bond motifs is 4. The fourth-order valence-corrected chi connectivity index (χ4v) is 157. The number of hydrogen-bond acceptors (Lipinski definition) is 0. The standard InChI is InChI=1S/C13H9.C9H7.C3H11Si2.CH3.2ClH.Zr/c1-3-7-12-10(5-1)9-11-6-2-4-8-13(11)12;1-2-5-9-7-3-6-8(9)4-1;1-5(2,3)4;;;;/h1-5,7-8H,9H2;1-7H;4H2,1-3H3;1H3;2*1H;/q;;;;;;+2/p-2. The Balaban J connectivity index is 1.83. The first-order valence-electron chi connectivity index (χ1n) is 11.2. The zero-order valence-corrected chi connectivity index (χ0v) is 25.1. The molecular formula is C26H30Cl2Si2Zr. The Kier molecular flexibility index (Phi) is 4.76. The summed E-state index contributed by atoms with van der Waals surface area (Å²) in [5, 5.41) is 0. The zero-order chi connectivity index (χ0) is 22.1. The topological polar surface area (TPSA) is 0 Å². The van der Waals surface area contributed by atoms with E-state index in [0.717, 1.165) is 6.42 Å². The maximum atomic E-state index is 8.33. The summed E-state index contributed by atoms with van der Waals surface area (Å²) < 4.78 is 3.85. The molecule has 0 radical (unpaired) electrons. The van der Waals surface area contributed by atoms with Gasteiger partial charge in [-0.05, 0) is 0 Å². The minimum atomic E-state index is -5.03. The number of hydrogen-bond donors (Lipinski definition) is 0. The summed E-state index contributed by atoms with van der Waals surface area (Å²) in [6, 6.07) is 24.3. The van der Waals surface area contributed by atoms with E-state index in [2.05, 4.69) is 103 Å². The number of rotatable bonds is 4. The molecule has 31 heavy (non-hydrogen) atoms. The predicted octanol–water partition coefficient (Wildman–Crippen LogP) is 7.15. The molecule has 1 atom stereocenters. The van der Waals surface area contributed by atoms with Gasteiger partial charge in [-0.25, -0.2) is 0 Å². The van der Waals surface area contributed by atoms with Gasteiger partial charge in [0.1, 0.15) is 0 Å². The van der Waals surface area contributed by atoms with E-state index in [1.54, 1.807) is 0 Å². The van der Waals surface area contributed by atoms with E-state index >= 15 is 0 Å². The van der Waals surface area contributed by atoms with E-state index in [4.69, 9.17) is 17.0 Å². The van der Waals surface area contributed by atoms with Crippen LogP contribution < -0.4 is 3.27 Å². The second-order valence-corrected chi connectivity index (χ2v) is 81.5. The fraction of sp³-hybridized carbons (Fsp3) is 0.231. The summed E-state index contributed by atoms with van der Waals surface area (Å²) in [5.41, 5.74) is 8.12. The molecule has 0 saturated carbocycles. The maximum absolute atomic E-state index is 8.33. The Morgan fingerprint density at radius 2 is 1.55 bits per heavy atom. The summed E-state index contributed by atoms with van der Waals surface area (Å²) in [5.74, 6) is 0. The molecule has 0 bridgehead atoms. The number of halogens is 2. The minimum absolute atomic E-state index is 0.134. The predicted molar refractivity (Wildman–Crippen MR) is 142 cm³/mol. The van der Waals surface area contributed by atoms with E-state index in [9.17, 15) is 0 Å². The Hall–Kier alpha value is -0.703. The second-order valence-electron chi connectivity index (χ2n) is 11.4. The van der Waals surface area contributed by atoms with Crippen molar-refractivity contribution in [2.75, 3.05) is 0 Å². The average molecular weight is 561 g/mol. The third kappa shape index (κ3) is 3.39. The van der Waals surface area contributed by atoms with Crippen molar-refractivity contribution in [3.8, 4) is 11.1 Å². The van der Waals surface area contributed by atoms with Gasteiger partial charge in [0, 0.05) is 0 Å². The summed E-state index contributed by atoms with van der Waals surface area (Å²) in [7, 11) is 15.2. The fourth-order valence-electron chi connectivity index (χ4n) is 6.74. The van der Waals surface area contributed by atoms with Gasteiger partial charge in [0.2, 0.25) is 0 Å². The first kappa shape index (κ1) is 22.1. The molecule has 0 saturated heterocycles. The van der Waals surface area contributed by atoms with Gasteiger partial charge in [0.15, 0.2) is 0 Å². The zero-order valence-electron chi connectivity index (χ0n) is 18.8. The van der Waals surface area contributed by atoms with Gasteiger partial charge >= 0.3 is 195 Å². The molecule has 0 nitrogen and oxygen atoms in total. The summed E-state index contributed by atoms with van der Waals surface area (Å²) >= 11 is -5.03. The van der Waals surface area contributed by atoms with E-state index in [-0.39, 0.29) is 3.63 Å². The van der Waals surface area contributed by atoms with Crippen LogP contribution in [0.2, 0.25) is 24.3 Å². The van der Waals surface area contributed by atoms with E-state index < -0.39 is 27.8 Å². The molecule has 160 valence electrons. The van der Waals surface area contributed by atoms with Gasteiger partial charge < -0.3 is 0 Å². The molecule has 3 aromatic rings. The molecule has 2 aliphatic rings. The molecule has 5 rings (SSSR count). The Morgan fingerprint density at radius 3 is 2.32 bits per heavy atom. The SMILES string of the molecule is C[Si](C)(C)[SiH2][Zr]([CH3])([Cl])([Cl])([c]1cccc2c1Cc1ccccc1-2)[CH]1C=Cc2ccccc21. The molecule has 0 amide bonds. The van der Waals surface area contributed by atoms with Crippen LogP contribution >= 0.6 is 17.0 Å². The van der Waals surface area contributed by atoms with Crippen molar-refractivity contribution in [3.63, 3.8) is 0 Å². The monoisotopic (exact) mass is 558 g/mol. The van der Waals surface area contributed by atoms with Gasteiger partial charge in [-0.2, -0.15) is 0 Å². The Labute approximate surface area is 193 Å². The molecular weight excluding hydrogens is 531 g/mol. The van der Waals surface area contributed by atoms with Crippen LogP contribution in [0.3, 0.4) is 0 Å². The third-order valence-electron chi connectivity index (χ3n) is 7.42. The van der Waals surface area contributed by atoms with E-state index in [1.807, 2.05) is 0 Å². The van der Waals surface area contributed by atoms with Crippen LogP contribution in [0, 0.1) is 0 Å². The van der Waals surface area contributed by atoms with Crippen molar-refractivity contribution in [2.45, 2.75) is 34.3 Å². The first-order valence-corrected chi connectivity index (χ1v) is 34.4. The molecule has 0 aliphatic heterocycles. The van der Waals surface area contributed by atoms with Crippen molar-refractivity contribution in [3.05, 3.63) is 95.1 Å². The van der Waals surface area contributed by atoms with Gasteiger partial charge in [-0.15, -0.1) is 0 Å². The molecule has 0 N–H and O–H groups in total. The second kappa shape index (κ2) is 6.67. The Bertz CT molecular complexity index is 1260. The average Bonchev–Trinajstić information content (AvgIpc) is 3.28. The van der Waals surface area contributed by atoms with Crippen LogP contribution in [0.15, 0.2) is 72.8 Å². The van der Waals surface area contributed by atoms with Crippen LogP contribution in [0.1, 0.15) is 25.9 Å². The van der Waals surface area contributed by atoms with Crippen molar-refractivity contribution >= 4 is 40.1 Å². The van der Waals surface area contributed by atoms with Gasteiger partial charge in [-0.1, -0.05) is 0 Å². The van der Waals surface area contributed by atoms with Crippen LogP contribution in [-0.2, 0) is 20.5 Å². The van der Waals surface area contributed by atoms with Crippen molar-refractivity contribution in [2.24, 2.45) is 0 Å². The van der Waals surface area contributed by atoms with Gasteiger partial charge in [0.25, 0.3) is 0 Å². The summed E-state index contributed by atoms with van der Waals surface area (Å²) in [6.45, 7) is 7.43. The molecule has 0 heterocycles. The van der Waals surface area contributed by atoms with Gasteiger partial charge in [-0.3, -0.25) is 0 Å². The van der Waals surface area contributed by atoms with Gasteiger partial charge in [0.05, 0.1) is 0 Å². The van der Waals surface area contributed by atoms with Crippen molar-refractivity contribution < 1.29 is 14.1 Å². The summed E-state index contributed by atoms with van der Waals surface area (Å²) in [4.78, 5) is 0.